The molecule has 0 radical (unpaired) electrons. The number of carbonyl (C=O) groups excluding carboxylic acids is 1. The third-order valence-electron chi connectivity index (χ3n) is 6.08. The fraction of sp³-hybridized carbons (Fsp3) is 0.870. The summed E-state index contributed by atoms with van der Waals surface area (Å²) in [4.78, 5) is 12.2. The molecule has 0 saturated heterocycles. The first-order valence-corrected chi connectivity index (χ1v) is 14.1. The number of Topliss-reactive ketones (excluding diaryl/α,β-unsaturated/α-hetero) is 1. The molecule has 3 unspecified atom stereocenters. The van der Waals surface area contributed by atoms with Crippen LogP contribution in [0.25, 0.3) is 0 Å². The molecule has 1 saturated carbocycles. The summed E-state index contributed by atoms with van der Waals surface area (Å²) in [5, 5.41) is 0.137. The van der Waals surface area contributed by atoms with Crippen molar-refractivity contribution in [2.24, 2.45) is 5.92 Å². The second-order valence-electron chi connectivity index (χ2n) is 9.63. The lowest BCUT2D eigenvalue weighted by Crippen LogP contribution is -2.44. The first-order valence-electron chi connectivity index (χ1n) is 11.2. The van der Waals surface area contributed by atoms with Crippen molar-refractivity contribution >= 4 is 14.1 Å². The molecule has 0 aromatic heterocycles. The van der Waals surface area contributed by atoms with Crippen LogP contribution in [-0.2, 0) is 23.4 Å². The lowest BCUT2D eigenvalue weighted by atomic mass is 10.0. The Hall–Kier alpha value is -0.533. The van der Waals surface area contributed by atoms with E-state index in [0.717, 1.165) is 12.8 Å². The van der Waals surface area contributed by atoms with Crippen molar-refractivity contribution in [3.63, 3.8) is 0 Å². The van der Waals surface area contributed by atoms with Crippen molar-refractivity contribution in [2.75, 3.05) is 27.1 Å². The lowest BCUT2D eigenvalue weighted by Gasteiger charge is -2.39. The van der Waals surface area contributed by atoms with E-state index in [0.29, 0.717) is 31.8 Å². The van der Waals surface area contributed by atoms with Crippen molar-refractivity contribution in [2.45, 2.75) is 96.6 Å². The lowest BCUT2D eigenvalue weighted by molar-refractivity contribution is -0.117. The topological polar surface area (TPSA) is 54.0 Å². The minimum Gasteiger partial charge on any atom is -0.413 e. The van der Waals surface area contributed by atoms with Gasteiger partial charge in [0, 0.05) is 25.9 Å². The zero-order valence-corrected chi connectivity index (χ0v) is 20.8. The molecule has 1 fully saturated rings. The van der Waals surface area contributed by atoms with E-state index in [-0.39, 0.29) is 30.0 Å². The number of unbranched alkanes of at least 4 members (excludes halogenated alkanes) is 2. The highest BCUT2D eigenvalue weighted by atomic mass is 28.4. The molecule has 0 spiro atoms. The number of rotatable bonds is 14. The van der Waals surface area contributed by atoms with E-state index in [1.165, 1.54) is 12.8 Å². The maximum absolute atomic E-state index is 12.2. The van der Waals surface area contributed by atoms with Gasteiger partial charge in [0.25, 0.3) is 0 Å². The van der Waals surface area contributed by atoms with Crippen LogP contribution in [0, 0.1) is 5.92 Å². The predicted molar refractivity (Wildman–Crippen MR) is 121 cm³/mol. The molecule has 0 heterocycles. The smallest absolute Gasteiger partial charge is 0.192 e. The van der Waals surface area contributed by atoms with Crippen LogP contribution in [0.3, 0.4) is 0 Å². The van der Waals surface area contributed by atoms with Crippen LogP contribution in [0.15, 0.2) is 12.2 Å². The van der Waals surface area contributed by atoms with Crippen LogP contribution >= 0.6 is 0 Å². The van der Waals surface area contributed by atoms with Gasteiger partial charge in [-0.1, -0.05) is 59.1 Å². The summed E-state index contributed by atoms with van der Waals surface area (Å²) in [7, 11) is -0.248. The molecule has 0 aliphatic heterocycles. The second-order valence-corrected chi connectivity index (χ2v) is 14.4. The van der Waals surface area contributed by atoms with Gasteiger partial charge in [-0.25, -0.2) is 0 Å². The van der Waals surface area contributed by atoms with Gasteiger partial charge in [0.15, 0.2) is 8.32 Å². The quantitative estimate of drug-likeness (QED) is 0.158. The fourth-order valence-electron chi connectivity index (χ4n) is 3.16. The first kappa shape index (κ1) is 26.5. The Morgan fingerprint density at radius 2 is 1.90 bits per heavy atom. The van der Waals surface area contributed by atoms with Gasteiger partial charge in [-0.15, -0.1) is 0 Å². The number of ketones is 1. The zero-order valence-electron chi connectivity index (χ0n) is 19.8. The molecule has 0 N–H and O–H groups in total. The van der Waals surface area contributed by atoms with Crippen LogP contribution in [0.1, 0.15) is 66.2 Å². The molecule has 0 aromatic rings. The molecule has 1 rings (SSSR count). The summed E-state index contributed by atoms with van der Waals surface area (Å²) in [5.41, 5.74) is 0. The predicted octanol–water partition coefficient (Wildman–Crippen LogP) is 5.50. The van der Waals surface area contributed by atoms with E-state index in [1.54, 1.807) is 7.11 Å². The number of methoxy groups -OCH3 is 1. The molecule has 3 atom stereocenters. The molecular formula is C23H44O5Si. The molecule has 0 amide bonds. The number of ether oxygens (including phenoxy) is 3. The molecule has 5 nitrogen and oxygen atoms in total. The van der Waals surface area contributed by atoms with Crippen LogP contribution in [-0.4, -0.2) is 53.4 Å². The Morgan fingerprint density at radius 3 is 2.52 bits per heavy atom. The summed E-state index contributed by atoms with van der Waals surface area (Å²) in [6, 6.07) is 0. The number of hydrogen-bond donors (Lipinski definition) is 0. The van der Waals surface area contributed by atoms with E-state index < -0.39 is 8.32 Å². The van der Waals surface area contributed by atoms with E-state index in [4.69, 9.17) is 18.6 Å². The average Bonchev–Trinajstić information content (AvgIpc) is 2.96. The molecule has 6 heteroatoms. The SMILES string of the molecule is CCCCCC(C=CC1CC(=O)CC1O[Si](C)(C)C(C)(C)C)OCOCCOC. The number of carbonyl (C=O) groups is 1. The fourth-order valence-corrected chi connectivity index (χ4v) is 4.53. The van der Waals surface area contributed by atoms with E-state index in [9.17, 15) is 4.79 Å². The highest BCUT2D eigenvalue weighted by molar-refractivity contribution is 6.74. The largest absolute Gasteiger partial charge is 0.413 e. The van der Waals surface area contributed by atoms with Crippen LogP contribution < -0.4 is 0 Å². The van der Waals surface area contributed by atoms with E-state index in [1.807, 2.05) is 0 Å². The van der Waals surface area contributed by atoms with E-state index in [2.05, 4.69) is 52.9 Å². The van der Waals surface area contributed by atoms with Crippen LogP contribution in [0.2, 0.25) is 18.1 Å². The van der Waals surface area contributed by atoms with Gasteiger partial charge in [0.2, 0.25) is 0 Å². The Kier molecular flexibility index (Phi) is 11.9. The van der Waals surface area contributed by atoms with Crippen molar-refractivity contribution in [3.05, 3.63) is 12.2 Å². The van der Waals surface area contributed by atoms with Gasteiger partial charge < -0.3 is 18.6 Å². The van der Waals surface area contributed by atoms with Gasteiger partial charge in [-0.2, -0.15) is 0 Å². The van der Waals surface area contributed by atoms with Gasteiger partial charge in [0.1, 0.15) is 12.6 Å². The minimum atomic E-state index is -1.91. The van der Waals surface area contributed by atoms with Crippen molar-refractivity contribution in [1.82, 2.24) is 0 Å². The molecule has 170 valence electrons. The normalized spacial score (nSPS) is 22.0. The minimum absolute atomic E-state index is 0.00566. The van der Waals surface area contributed by atoms with Gasteiger partial charge in [0.05, 0.1) is 25.4 Å². The Bertz CT molecular complexity index is 498. The van der Waals surface area contributed by atoms with Crippen molar-refractivity contribution in [3.8, 4) is 0 Å². The summed E-state index contributed by atoms with van der Waals surface area (Å²) >= 11 is 0. The summed E-state index contributed by atoms with van der Waals surface area (Å²) in [6.07, 6.45) is 9.85. The Balaban J connectivity index is 2.70. The van der Waals surface area contributed by atoms with Crippen molar-refractivity contribution in [1.29, 1.82) is 0 Å². The molecular weight excluding hydrogens is 384 g/mol. The molecule has 0 bridgehead atoms. The average molecular weight is 429 g/mol. The van der Waals surface area contributed by atoms with E-state index >= 15 is 0 Å². The Morgan fingerprint density at radius 1 is 1.17 bits per heavy atom. The Labute approximate surface area is 179 Å². The molecule has 1 aliphatic carbocycles. The monoisotopic (exact) mass is 428 g/mol. The number of hydrogen-bond acceptors (Lipinski definition) is 5. The molecule has 0 aromatic carbocycles. The van der Waals surface area contributed by atoms with Gasteiger partial charge in [-0.3, -0.25) is 4.79 Å². The van der Waals surface area contributed by atoms with Crippen molar-refractivity contribution < 1.29 is 23.4 Å². The third kappa shape index (κ3) is 9.88. The summed E-state index contributed by atoms with van der Waals surface area (Å²) in [5.74, 6) is 0.443. The van der Waals surface area contributed by atoms with Crippen LogP contribution in [0.4, 0.5) is 0 Å². The maximum Gasteiger partial charge on any atom is 0.192 e. The molecule has 29 heavy (non-hydrogen) atoms. The molecule has 1 aliphatic rings. The summed E-state index contributed by atoms with van der Waals surface area (Å²) in [6.45, 7) is 14.8. The summed E-state index contributed by atoms with van der Waals surface area (Å²) < 4.78 is 23.0. The highest BCUT2D eigenvalue weighted by Crippen LogP contribution is 2.40. The second kappa shape index (κ2) is 13.0. The zero-order chi connectivity index (χ0) is 21.9. The van der Waals surface area contributed by atoms with Gasteiger partial charge >= 0.3 is 0 Å². The third-order valence-corrected chi connectivity index (χ3v) is 10.6. The first-order chi connectivity index (χ1) is 13.6. The standard InChI is InChI=1S/C23H44O5Si/c1-8-9-10-11-21(27-18-26-15-14-25-5)13-12-19-16-20(24)17-22(19)28-29(6,7)23(2,3)4/h12-13,19,21-22H,8-11,14-18H2,1-7H3. The van der Waals surface area contributed by atoms with Gasteiger partial charge in [-0.05, 0) is 24.6 Å². The highest BCUT2D eigenvalue weighted by Gasteiger charge is 2.43. The maximum atomic E-state index is 12.2. The van der Waals surface area contributed by atoms with Crippen LogP contribution in [0.5, 0.6) is 0 Å².